The van der Waals surface area contributed by atoms with Crippen molar-refractivity contribution < 1.29 is 9.52 Å². The lowest BCUT2D eigenvalue weighted by atomic mass is 9.95. The van der Waals surface area contributed by atoms with Gasteiger partial charge in [0.05, 0.1) is 6.54 Å². The number of aliphatic hydroxyl groups is 1. The molecule has 0 unspecified atom stereocenters. The Morgan fingerprint density at radius 1 is 1.27 bits per heavy atom. The molecule has 0 atom stereocenters. The molecule has 2 aromatic heterocycles. The van der Waals surface area contributed by atoms with Crippen molar-refractivity contribution in [2.24, 2.45) is 0 Å². The molecule has 22 heavy (non-hydrogen) atoms. The van der Waals surface area contributed by atoms with E-state index < -0.39 is 0 Å². The summed E-state index contributed by atoms with van der Waals surface area (Å²) in [6.07, 6.45) is 2.91. The second-order valence-electron chi connectivity index (χ2n) is 6.90. The van der Waals surface area contributed by atoms with Crippen LogP contribution in [0.1, 0.15) is 49.4 Å². The Hall–Kier alpha value is -1.72. The van der Waals surface area contributed by atoms with Crippen molar-refractivity contribution >= 4 is 0 Å². The third-order valence-corrected chi connectivity index (χ3v) is 3.94. The Kier molecular flexibility index (Phi) is 4.02. The molecule has 0 aliphatic carbocycles. The van der Waals surface area contributed by atoms with Gasteiger partial charge in [-0.05, 0) is 12.1 Å². The van der Waals surface area contributed by atoms with Gasteiger partial charge in [0.1, 0.15) is 24.0 Å². The van der Waals surface area contributed by atoms with E-state index in [2.05, 4.69) is 30.7 Å². The Morgan fingerprint density at radius 3 is 2.73 bits per heavy atom. The van der Waals surface area contributed by atoms with Gasteiger partial charge in [-0.2, -0.15) is 0 Å². The third-order valence-electron chi connectivity index (χ3n) is 3.94. The van der Waals surface area contributed by atoms with Crippen LogP contribution < -0.4 is 0 Å². The Morgan fingerprint density at radius 2 is 2.05 bits per heavy atom. The van der Waals surface area contributed by atoms with Crippen LogP contribution in [0.3, 0.4) is 0 Å². The van der Waals surface area contributed by atoms with Crippen molar-refractivity contribution in [2.45, 2.75) is 52.3 Å². The van der Waals surface area contributed by atoms with Crippen LogP contribution in [0, 0.1) is 0 Å². The monoisotopic (exact) mass is 301 g/mol. The number of aromatic nitrogens is 2. The lowest BCUT2D eigenvalue weighted by molar-refractivity contribution is 0.207. The molecule has 3 rings (SSSR count). The van der Waals surface area contributed by atoms with Crippen LogP contribution in [0.2, 0.25) is 0 Å². The first kappa shape index (κ1) is 15.2. The minimum atomic E-state index is -0.0494. The zero-order chi connectivity index (χ0) is 15.7. The summed E-state index contributed by atoms with van der Waals surface area (Å²) in [7, 11) is 0. The van der Waals surface area contributed by atoms with E-state index in [4.69, 9.17) is 14.5 Å². The van der Waals surface area contributed by atoms with E-state index in [0.717, 1.165) is 37.6 Å². The summed E-state index contributed by atoms with van der Waals surface area (Å²) in [5, 5.41) is 9.05. The van der Waals surface area contributed by atoms with Crippen LogP contribution in [0.15, 0.2) is 22.7 Å². The first-order valence-electron chi connectivity index (χ1n) is 7.72. The Bertz CT molecular complexity index is 658. The normalized spacial score (nSPS) is 15.8. The average molecular weight is 301 g/mol. The minimum absolute atomic E-state index is 0.0129. The van der Waals surface area contributed by atoms with Crippen molar-refractivity contribution in [1.29, 1.82) is 0 Å². The first-order valence-corrected chi connectivity index (χ1v) is 7.72. The fourth-order valence-electron chi connectivity index (χ4n) is 2.68. The lowest BCUT2D eigenvalue weighted by Crippen LogP contribution is -2.31. The largest absolute Gasteiger partial charge is 0.462 e. The van der Waals surface area contributed by atoms with E-state index in [0.29, 0.717) is 5.76 Å². The molecule has 0 fully saturated rings. The zero-order valence-corrected chi connectivity index (χ0v) is 13.5. The molecule has 1 N–H and O–H groups in total. The van der Waals surface area contributed by atoms with E-state index >= 15 is 0 Å². The van der Waals surface area contributed by atoms with Crippen LogP contribution in [0.25, 0.3) is 0 Å². The summed E-state index contributed by atoms with van der Waals surface area (Å²) in [4.78, 5) is 11.6. The van der Waals surface area contributed by atoms with Gasteiger partial charge in [0.25, 0.3) is 0 Å². The van der Waals surface area contributed by atoms with Crippen LogP contribution in [0.5, 0.6) is 0 Å². The molecule has 5 heteroatoms. The number of aliphatic hydroxyl groups excluding tert-OH is 1. The van der Waals surface area contributed by atoms with Gasteiger partial charge in [-0.25, -0.2) is 9.97 Å². The number of hydrogen-bond acceptors (Lipinski definition) is 5. The van der Waals surface area contributed by atoms with Gasteiger partial charge in [-0.1, -0.05) is 20.8 Å². The highest BCUT2D eigenvalue weighted by Crippen LogP contribution is 2.23. The van der Waals surface area contributed by atoms with Gasteiger partial charge in [-0.15, -0.1) is 0 Å². The molecular formula is C17H23N3O2. The summed E-state index contributed by atoms with van der Waals surface area (Å²) < 4.78 is 5.56. The third kappa shape index (κ3) is 3.20. The predicted octanol–water partition coefficient (Wildman–Crippen LogP) is 2.42. The number of nitrogens with zero attached hydrogens (tertiary/aromatic N) is 3. The average Bonchev–Trinajstić information content (AvgIpc) is 2.93. The van der Waals surface area contributed by atoms with Crippen molar-refractivity contribution in [3.8, 4) is 0 Å². The van der Waals surface area contributed by atoms with Gasteiger partial charge in [0.2, 0.25) is 0 Å². The molecule has 0 radical (unpaired) electrons. The molecule has 0 saturated carbocycles. The fourth-order valence-corrected chi connectivity index (χ4v) is 2.68. The first-order chi connectivity index (χ1) is 10.5. The van der Waals surface area contributed by atoms with Crippen LogP contribution >= 0.6 is 0 Å². The fraction of sp³-hybridized carbons (Fsp3) is 0.529. The Labute approximate surface area is 131 Å². The summed E-state index contributed by atoms with van der Waals surface area (Å²) in [5.41, 5.74) is 2.36. The molecule has 0 spiro atoms. The molecule has 0 aromatic carbocycles. The van der Waals surface area contributed by atoms with Gasteiger partial charge in [0.15, 0.2) is 0 Å². The molecule has 0 saturated heterocycles. The Balaban J connectivity index is 1.71. The molecule has 1 aliphatic rings. The second kappa shape index (κ2) is 5.82. The number of furan rings is 1. The maximum absolute atomic E-state index is 9.05. The van der Waals surface area contributed by atoms with Gasteiger partial charge in [0, 0.05) is 42.4 Å². The van der Waals surface area contributed by atoms with E-state index in [1.165, 1.54) is 11.3 Å². The standard InChI is InChI=1S/C17H23N3O2/c1-17(2,3)16-18-8-12-9-20(7-6-15(12)19-16)10-13-4-5-14(11-21)22-13/h4-5,8,21H,6-7,9-11H2,1-3H3. The highest BCUT2D eigenvalue weighted by molar-refractivity contribution is 5.22. The molecule has 1 aliphatic heterocycles. The zero-order valence-electron chi connectivity index (χ0n) is 13.5. The highest BCUT2D eigenvalue weighted by Gasteiger charge is 2.23. The summed E-state index contributed by atoms with van der Waals surface area (Å²) in [6.45, 7) is 8.92. The van der Waals surface area contributed by atoms with E-state index in [9.17, 15) is 0 Å². The topological polar surface area (TPSA) is 62.4 Å². The van der Waals surface area contributed by atoms with E-state index in [1.54, 1.807) is 0 Å². The molecule has 3 heterocycles. The molecule has 0 bridgehead atoms. The maximum atomic E-state index is 9.05. The van der Waals surface area contributed by atoms with Crippen molar-refractivity contribution in [3.05, 3.63) is 46.9 Å². The summed E-state index contributed by atoms with van der Waals surface area (Å²) in [6, 6.07) is 3.76. The number of rotatable bonds is 3. The molecular weight excluding hydrogens is 278 g/mol. The molecule has 0 amide bonds. The summed E-state index contributed by atoms with van der Waals surface area (Å²) >= 11 is 0. The number of fused-ring (bicyclic) bond motifs is 1. The summed E-state index contributed by atoms with van der Waals surface area (Å²) in [5.74, 6) is 2.42. The van der Waals surface area contributed by atoms with Crippen molar-refractivity contribution in [1.82, 2.24) is 14.9 Å². The quantitative estimate of drug-likeness (QED) is 0.943. The van der Waals surface area contributed by atoms with Crippen LogP contribution in [0.4, 0.5) is 0 Å². The SMILES string of the molecule is CC(C)(C)c1ncc2c(n1)CCN(Cc1ccc(CO)o1)C2. The van der Waals surface area contributed by atoms with Gasteiger partial charge in [-0.3, -0.25) is 4.90 Å². The van der Waals surface area contributed by atoms with Gasteiger partial charge < -0.3 is 9.52 Å². The molecule has 2 aromatic rings. The van der Waals surface area contributed by atoms with Crippen molar-refractivity contribution in [2.75, 3.05) is 6.54 Å². The van der Waals surface area contributed by atoms with Crippen LogP contribution in [-0.4, -0.2) is 26.5 Å². The van der Waals surface area contributed by atoms with E-state index in [1.807, 2.05) is 18.3 Å². The predicted molar refractivity (Wildman–Crippen MR) is 83.2 cm³/mol. The smallest absolute Gasteiger partial charge is 0.133 e. The van der Waals surface area contributed by atoms with Crippen LogP contribution in [-0.2, 0) is 31.5 Å². The van der Waals surface area contributed by atoms with E-state index in [-0.39, 0.29) is 12.0 Å². The molecule has 5 nitrogen and oxygen atoms in total. The van der Waals surface area contributed by atoms with Crippen molar-refractivity contribution in [3.63, 3.8) is 0 Å². The molecule has 118 valence electrons. The number of hydrogen-bond donors (Lipinski definition) is 1. The highest BCUT2D eigenvalue weighted by atomic mass is 16.4. The van der Waals surface area contributed by atoms with Gasteiger partial charge >= 0.3 is 0 Å². The second-order valence-corrected chi connectivity index (χ2v) is 6.90. The maximum Gasteiger partial charge on any atom is 0.133 e. The lowest BCUT2D eigenvalue weighted by Gasteiger charge is -2.28. The minimum Gasteiger partial charge on any atom is -0.462 e.